The molecule has 0 aliphatic carbocycles. The number of rotatable bonds is 4. The highest BCUT2D eigenvalue weighted by Gasteiger charge is 2.15. The van der Waals surface area contributed by atoms with Crippen molar-refractivity contribution in [2.24, 2.45) is 0 Å². The van der Waals surface area contributed by atoms with Crippen molar-refractivity contribution in [2.45, 2.75) is 19.9 Å². The van der Waals surface area contributed by atoms with Gasteiger partial charge in [0.2, 0.25) is 5.13 Å². The number of hydrogen-bond acceptors (Lipinski definition) is 5. The van der Waals surface area contributed by atoms with Crippen LogP contribution in [-0.2, 0) is 0 Å². The number of carbonyl (C=O) groups is 1. The molecule has 4 aromatic rings. The summed E-state index contributed by atoms with van der Waals surface area (Å²) in [5.41, 5.74) is 3.93. The van der Waals surface area contributed by atoms with Gasteiger partial charge in [-0.05, 0) is 31.5 Å². The second-order valence-corrected chi connectivity index (χ2v) is 7.16. The Kier molecular flexibility index (Phi) is 4.55. The van der Waals surface area contributed by atoms with Crippen LogP contribution in [0.15, 0.2) is 48.5 Å². The number of imidazole rings is 1. The zero-order valence-corrected chi connectivity index (χ0v) is 15.7. The van der Waals surface area contributed by atoms with Gasteiger partial charge in [-0.3, -0.25) is 5.32 Å². The lowest BCUT2D eigenvalue weighted by Gasteiger charge is -2.11. The van der Waals surface area contributed by atoms with E-state index in [0.29, 0.717) is 11.0 Å². The van der Waals surface area contributed by atoms with Crippen LogP contribution in [0.4, 0.5) is 9.93 Å². The molecule has 136 valence electrons. The quantitative estimate of drug-likeness (QED) is 0.494. The van der Waals surface area contributed by atoms with E-state index in [1.807, 2.05) is 62.4 Å². The third kappa shape index (κ3) is 3.65. The molecule has 2 amide bonds. The van der Waals surface area contributed by atoms with Crippen LogP contribution in [0.3, 0.4) is 0 Å². The maximum Gasteiger partial charge on any atom is 0.321 e. The molecular weight excluding hydrogens is 360 g/mol. The number of fused-ring (bicyclic) bond motifs is 1. The van der Waals surface area contributed by atoms with Crippen LogP contribution in [0.5, 0.6) is 0 Å². The lowest BCUT2D eigenvalue weighted by molar-refractivity contribution is 0.249. The Morgan fingerprint density at radius 1 is 1.11 bits per heavy atom. The molecule has 0 aliphatic rings. The minimum absolute atomic E-state index is 0.277. The monoisotopic (exact) mass is 378 g/mol. The third-order valence-corrected chi connectivity index (χ3v) is 5.06. The van der Waals surface area contributed by atoms with Gasteiger partial charge in [0, 0.05) is 5.56 Å². The number of hydrogen-bond donors (Lipinski definition) is 3. The molecule has 0 fully saturated rings. The minimum atomic E-state index is -0.351. The third-order valence-electron chi connectivity index (χ3n) is 4.19. The van der Waals surface area contributed by atoms with Crippen molar-refractivity contribution in [1.82, 2.24) is 25.5 Å². The predicted octanol–water partition coefficient (Wildman–Crippen LogP) is 4.27. The molecule has 1 unspecified atom stereocenters. The molecule has 1 atom stereocenters. The van der Waals surface area contributed by atoms with Gasteiger partial charge in [0.15, 0.2) is 0 Å². The average Bonchev–Trinajstić information content (AvgIpc) is 3.28. The smallest absolute Gasteiger partial charge is 0.321 e. The number of aromatic nitrogens is 4. The van der Waals surface area contributed by atoms with Crippen LogP contribution >= 0.6 is 11.3 Å². The van der Waals surface area contributed by atoms with E-state index >= 15 is 0 Å². The summed E-state index contributed by atoms with van der Waals surface area (Å²) < 4.78 is 0. The molecule has 3 N–H and O–H groups in total. The summed E-state index contributed by atoms with van der Waals surface area (Å²) in [7, 11) is 0. The van der Waals surface area contributed by atoms with Crippen molar-refractivity contribution >= 4 is 33.5 Å². The Morgan fingerprint density at radius 3 is 2.70 bits per heavy atom. The predicted molar refractivity (Wildman–Crippen MR) is 107 cm³/mol. The van der Waals surface area contributed by atoms with Crippen molar-refractivity contribution in [1.29, 1.82) is 0 Å². The first-order chi connectivity index (χ1) is 13.1. The highest BCUT2D eigenvalue weighted by Crippen LogP contribution is 2.28. The Hall–Kier alpha value is -3.26. The summed E-state index contributed by atoms with van der Waals surface area (Å²) in [5, 5.41) is 15.1. The first-order valence-corrected chi connectivity index (χ1v) is 9.33. The van der Waals surface area contributed by atoms with E-state index in [4.69, 9.17) is 0 Å². The largest absolute Gasteiger partial charge is 0.340 e. The van der Waals surface area contributed by atoms with Crippen molar-refractivity contribution < 1.29 is 4.79 Å². The Balaban J connectivity index is 1.43. The van der Waals surface area contributed by atoms with E-state index in [-0.39, 0.29) is 12.1 Å². The van der Waals surface area contributed by atoms with Gasteiger partial charge in [-0.2, -0.15) is 0 Å². The molecule has 4 rings (SSSR count). The lowest BCUT2D eigenvalue weighted by atomic mass is 10.1. The van der Waals surface area contributed by atoms with Gasteiger partial charge in [-0.15, -0.1) is 10.2 Å². The number of amides is 2. The zero-order chi connectivity index (χ0) is 18.8. The number of benzene rings is 2. The average molecular weight is 378 g/mol. The number of nitrogens with one attached hydrogen (secondary N) is 3. The van der Waals surface area contributed by atoms with Gasteiger partial charge in [0.25, 0.3) is 0 Å². The fraction of sp³-hybridized carbons (Fsp3) is 0.158. The molecule has 2 heterocycles. The molecule has 0 spiro atoms. The van der Waals surface area contributed by atoms with E-state index in [1.54, 1.807) is 0 Å². The standard InChI is InChI=1S/C19H18N6OS/c1-11-7-3-4-8-13(11)17-24-25-19(27-17)23-18(26)20-12(2)16-21-14-9-5-6-10-15(14)22-16/h3-10,12H,1-2H3,(H,21,22)(H2,20,23,25,26). The number of nitrogens with zero attached hydrogens (tertiary/aromatic N) is 3. The topological polar surface area (TPSA) is 95.6 Å². The molecule has 27 heavy (non-hydrogen) atoms. The molecule has 0 saturated carbocycles. The van der Waals surface area contributed by atoms with Crippen LogP contribution in [0.2, 0.25) is 0 Å². The van der Waals surface area contributed by atoms with Gasteiger partial charge in [-0.1, -0.05) is 47.7 Å². The number of anilines is 1. The van der Waals surface area contributed by atoms with Crippen molar-refractivity contribution in [3.8, 4) is 10.6 Å². The molecule has 7 nitrogen and oxygen atoms in total. The van der Waals surface area contributed by atoms with Gasteiger partial charge < -0.3 is 10.3 Å². The summed E-state index contributed by atoms with van der Waals surface area (Å²) in [5.74, 6) is 0.698. The molecule has 2 aromatic heterocycles. The van der Waals surface area contributed by atoms with E-state index in [0.717, 1.165) is 27.2 Å². The van der Waals surface area contributed by atoms with Crippen LogP contribution < -0.4 is 10.6 Å². The van der Waals surface area contributed by atoms with Crippen molar-refractivity contribution in [2.75, 3.05) is 5.32 Å². The van der Waals surface area contributed by atoms with Crippen LogP contribution in [0, 0.1) is 6.92 Å². The SMILES string of the molecule is Cc1ccccc1-c1nnc(NC(=O)NC(C)c2nc3ccccc3[nH]2)s1. The summed E-state index contributed by atoms with van der Waals surface area (Å²) >= 11 is 1.34. The molecule has 0 aliphatic heterocycles. The summed E-state index contributed by atoms with van der Waals surface area (Å²) in [6, 6.07) is 15.1. The molecule has 2 aromatic carbocycles. The van der Waals surface area contributed by atoms with Gasteiger partial charge >= 0.3 is 6.03 Å². The van der Waals surface area contributed by atoms with Crippen LogP contribution in [0.25, 0.3) is 21.6 Å². The minimum Gasteiger partial charge on any atom is -0.340 e. The number of urea groups is 1. The number of H-pyrrole nitrogens is 1. The summed E-state index contributed by atoms with van der Waals surface area (Å²) in [4.78, 5) is 20.0. The second-order valence-electron chi connectivity index (χ2n) is 6.19. The summed E-state index contributed by atoms with van der Waals surface area (Å²) in [6.45, 7) is 3.89. The van der Waals surface area contributed by atoms with Gasteiger partial charge in [0.05, 0.1) is 17.1 Å². The van der Waals surface area contributed by atoms with Crippen molar-refractivity contribution in [3.05, 3.63) is 59.9 Å². The first kappa shape index (κ1) is 17.2. The Labute approximate surface area is 159 Å². The highest BCUT2D eigenvalue weighted by molar-refractivity contribution is 7.18. The van der Waals surface area contributed by atoms with E-state index in [2.05, 4.69) is 30.8 Å². The second kappa shape index (κ2) is 7.16. The van der Waals surface area contributed by atoms with Gasteiger partial charge in [-0.25, -0.2) is 9.78 Å². The number of carbonyl (C=O) groups excluding carboxylic acids is 1. The maximum atomic E-state index is 12.3. The number of aryl methyl sites for hydroxylation is 1. The van der Waals surface area contributed by atoms with E-state index in [1.165, 1.54) is 11.3 Å². The van der Waals surface area contributed by atoms with Crippen molar-refractivity contribution in [3.63, 3.8) is 0 Å². The number of aromatic amines is 1. The molecule has 8 heteroatoms. The molecule has 0 radical (unpaired) electrons. The maximum absolute atomic E-state index is 12.3. The molecular formula is C19H18N6OS. The summed E-state index contributed by atoms with van der Waals surface area (Å²) in [6.07, 6.45) is 0. The number of para-hydroxylation sites is 2. The molecule has 0 bridgehead atoms. The lowest BCUT2D eigenvalue weighted by Crippen LogP contribution is -2.31. The zero-order valence-electron chi connectivity index (χ0n) is 14.9. The fourth-order valence-corrected chi connectivity index (χ4v) is 3.60. The Morgan fingerprint density at radius 2 is 1.89 bits per heavy atom. The van der Waals surface area contributed by atoms with E-state index in [9.17, 15) is 4.79 Å². The van der Waals surface area contributed by atoms with Gasteiger partial charge in [0.1, 0.15) is 10.8 Å². The first-order valence-electron chi connectivity index (χ1n) is 8.52. The van der Waals surface area contributed by atoms with Crippen LogP contribution in [0.1, 0.15) is 24.4 Å². The normalized spacial score (nSPS) is 12.1. The van der Waals surface area contributed by atoms with Crippen LogP contribution in [-0.4, -0.2) is 26.2 Å². The van der Waals surface area contributed by atoms with E-state index < -0.39 is 0 Å². The highest BCUT2D eigenvalue weighted by atomic mass is 32.1. The Bertz CT molecular complexity index is 1070. The molecule has 0 saturated heterocycles. The fourth-order valence-electron chi connectivity index (χ4n) is 2.77.